The third kappa shape index (κ3) is 24.6. The summed E-state index contributed by atoms with van der Waals surface area (Å²) in [6.45, 7) is 9.86. The monoisotopic (exact) mass is 1520 g/mol. The van der Waals surface area contributed by atoms with Crippen LogP contribution in [0.25, 0.3) is 0 Å². The topological polar surface area (TPSA) is 80.9 Å². The van der Waals surface area contributed by atoms with Crippen LogP contribution < -0.4 is 0 Å². The van der Waals surface area contributed by atoms with Gasteiger partial charge in [0.15, 0.2) is 110 Å². The van der Waals surface area contributed by atoms with E-state index in [4.69, 9.17) is 20.4 Å². The second-order valence-electron chi connectivity index (χ2n) is 20.8. The predicted octanol–water partition coefficient (Wildman–Crippen LogP) is 21.8. The Morgan fingerprint density at radius 3 is 0.757 bits per heavy atom. The van der Waals surface area contributed by atoms with Gasteiger partial charge in [-0.3, -0.25) is 0 Å². The van der Waals surface area contributed by atoms with E-state index in [2.05, 4.69) is 38.1 Å². The zero-order valence-corrected chi connectivity index (χ0v) is 54.3. The molecule has 0 aromatic heterocycles. The highest BCUT2D eigenvalue weighted by atomic mass is 19.4. The molecule has 0 saturated carbocycles. The van der Waals surface area contributed by atoms with Gasteiger partial charge in [0.25, 0.3) is 0 Å². The number of hydrogen-bond donors (Lipinski definition) is 4. The van der Waals surface area contributed by atoms with Gasteiger partial charge in [-0.05, 0) is 93.0 Å². The Kier molecular flexibility index (Phi) is 35.4. The molecule has 0 aliphatic heterocycles. The Labute approximate surface area is 566 Å². The van der Waals surface area contributed by atoms with E-state index in [0.29, 0.717) is 12.1 Å². The third-order valence-corrected chi connectivity index (χ3v) is 13.3. The molecular weight excluding hydrogens is 1460 g/mol. The van der Waals surface area contributed by atoms with Gasteiger partial charge in [-0.1, -0.05) is 71.3 Å². The van der Waals surface area contributed by atoms with Crippen molar-refractivity contribution in [3.05, 3.63) is 308 Å². The molecule has 0 heterocycles. The van der Waals surface area contributed by atoms with Gasteiger partial charge in [0.1, 0.15) is 17.5 Å². The SMILES string of the molecule is Cc1c(F)c(F)c(CO)c(F)c1F.Cc1c(F)c(F)c(CO)c(F)c1F.Cc1c(F)c(F)c(CO)c(F)c1F.Cc1c(F)c(F)c(F)c(F)c1F.Cc1c(F)c(F)c(O)c(F)c1F.Cc1c(F)cc(F)cc1F.Cc1ccc(C(F)(F)F)cc1.Cc1cccc(C)c1.Cc1ccccc1C(F)(F)F. The maximum atomic E-state index is 12.8. The minimum absolute atomic E-state index is 0.151. The number of aliphatic hydroxyl groups is 3. The first-order valence-electron chi connectivity index (χ1n) is 28.0. The van der Waals surface area contributed by atoms with Gasteiger partial charge in [-0.2, -0.15) is 35.1 Å². The summed E-state index contributed by atoms with van der Waals surface area (Å²) in [5.41, 5.74) is -4.33. The largest absolute Gasteiger partial charge is 0.503 e. The van der Waals surface area contributed by atoms with Crippen LogP contribution in [0.5, 0.6) is 5.75 Å². The molecule has 0 bridgehead atoms. The molecule has 9 aromatic carbocycles. The molecule has 9 rings (SSSR count). The lowest BCUT2D eigenvalue weighted by Gasteiger charge is -2.08. The lowest BCUT2D eigenvalue weighted by Crippen LogP contribution is -2.06. The van der Waals surface area contributed by atoms with Crippen LogP contribution in [0.3, 0.4) is 0 Å². The van der Waals surface area contributed by atoms with Crippen LogP contribution >= 0.6 is 0 Å². The summed E-state index contributed by atoms with van der Waals surface area (Å²) in [5, 5.41) is 33.7. The highest BCUT2D eigenvalue weighted by molar-refractivity contribution is 5.34. The Morgan fingerprint density at radius 1 is 0.262 bits per heavy atom. The van der Waals surface area contributed by atoms with Crippen molar-refractivity contribution in [3.63, 3.8) is 0 Å². The second kappa shape index (κ2) is 39.8. The number of aromatic hydroxyl groups is 1. The maximum Gasteiger partial charge on any atom is 0.416 e. The fourth-order valence-electron chi connectivity index (χ4n) is 7.28. The fraction of sp³-hybridized carbons (Fsp3) is 0.217. The summed E-state index contributed by atoms with van der Waals surface area (Å²) in [5.74, 6) is -38.5. The second-order valence-corrected chi connectivity index (χ2v) is 20.8. The van der Waals surface area contributed by atoms with Crippen molar-refractivity contribution in [2.24, 2.45) is 0 Å². The molecule has 0 atom stereocenters. The Bertz CT molecular complexity index is 3810. The van der Waals surface area contributed by atoms with Crippen molar-refractivity contribution in [1.29, 1.82) is 0 Å². The predicted molar refractivity (Wildman–Crippen MR) is 314 cm³/mol. The molecule has 9 aromatic rings. The summed E-state index contributed by atoms with van der Waals surface area (Å²) in [7, 11) is 0. The number of alkyl halides is 6. The molecule has 564 valence electrons. The van der Waals surface area contributed by atoms with Gasteiger partial charge < -0.3 is 20.4 Å². The van der Waals surface area contributed by atoms with Crippen LogP contribution in [0.15, 0.2) is 84.9 Å². The number of hydrogen-bond acceptors (Lipinski definition) is 4. The molecule has 0 saturated heterocycles. The average molecular weight is 1520 g/mol. The summed E-state index contributed by atoms with van der Waals surface area (Å²) >= 11 is 0. The van der Waals surface area contributed by atoms with Crippen LogP contribution in [0.1, 0.15) is 83.5 Å². The highest BCUT2D eigenvalue weighted by Gasteiger charge is 2.32. The average Bonchev–Trinajstić information content (AvgIpc) is 0.823. The van der Waals surface area contributed by atoms with E-state index in [-0.39, 0.29) is 11.1 Å². The van der Waals surface area contributed by atoms with Crippen molar-refractivity contribution < 1.29 is 152 Å². The van der Waals surface area contributed by atoms with Crippen LogP contribution in [0.4, 0.5) is 132 Å². The number of phenolic OH excluding ortho intramolecular Hbond substituents is 1. The maximum absolute atomic E-state index is 12.8. The molecule has 4 nitrogen and oxygen atoms in total. The van der Waals surface area contributed by atoms with E-state index in [1.54, 1.807) is 13.0 Å². The van der Waals surface area contributed by atoms with Gasteiger partial charge in [-0.25, -0.2) is 96.6 Å². The lowest BCUT2D eigenvalue weighted by atomic mass is 10.1. The first kappa shape index (κ1) is 91.6. The van der Waals surface area contributed by atoms with Crippen LogP contribution in [0.2, 0.25) is 0 Å². The van der Waals surface area contributed by atoms with Crippen LogP contribution in [-0.4, -0.2) is 20.4 Å². The van der Waals surface area contributed by atoms with E-state index in [1.807, 2.05) is 0 Å². The van der Waals surface area contributed by atoms with E-state index >= 15 is 0 Å². The molecule has 0 amide bonds. The molecular formula is C69H54F30O4. The number of aryl methyl sites for hydroxylation is 4. The number of halogens is 30. The zero-order chi connectivity index (χ0) is 80.1. The van der Waals surface area contributed by atoms with Gasteiger partial charge in [0.05, 0.1) is 47.6 Å². The summed E-state index contributed by atoms with van der Waals surface area (Å²) in [6, 6.07) is 20.3. The first-order valence-corrected chi connectivity index (χ1v) is 28.0. The van der Waals surface area contributed by atoms with Gasteiger partial charge in [0.2, 0.25) is 17.5 Å². The van der Waals surface area contributed by atoms with E-state index in [0.717, 1.165) is 58.4 Å². The van der Waals surface area contributed by atoms with E-state index < -0.39 is 233 Å². The number of phenols is 1. The van der Waals surface area contributed by atoms with Gasteiger partial charge in [0, 0.05) is 45.5 Å². The van der Waals surface area contributed by atoms with Crippen molar-refractivity contribution >= 4 is 0 Å². The van der Waals surface area contributed by atoms with E-state index in [9.17, 15) is 132 Å². The lowest BCUT2D eigenvalue weighted by molar-refractivity contribution is -0.138. The molecule has 4 N–H and O–H groups in total. The van der Waals surface area contributed by atoms with Gasteiger partial charge in [-0.15, -0.1) is 0 Å². The van der Waals surface area contributed by atoms with Crippen LogP contribution in [-0.2, 0) is 32.2 Å². The highest BCUT2D eigenvalue weighted by Crippen LogP contribution is 2.33. The Morgan fingerprint density at radius 2 is 0.524 bits per heavy atom. The molecule has 103 heavy (non-hydrogen) atoms. The number of benzene rings is 9. The van der Waals surface area contributed by atoms with Crippen molar-refractivity contribution in [3.8, 4) is 5.75 Å². The van der Waals surface area contributed by atoms with Gasteiger partial charge >= 0.3 is 12.4 Å². The third-order valence-electron chi connectivity index (χ3n) is 13.3. The summed E-state index contributed by atoms with van der Waals surface area (Å²) in [4.78, 5) is 0. The molecule has 0 aliphatic rings. The molecule has 0 fully saturated rings. The quantitative estimate of drug-likeness (QED) is 0.0807. The van der Waals surface area contributed by atoms with Crippen molar-refractivity contribution in [2.75, 3.05) is 0 Å². The normalized spacial score (nSPS) is 10.6. The summed E-state index contributed by atoms with van der Waals surface area (Å²) in [6.07, 6.45) is -8.43. The molecule has 0 aliphatic carbocycles. The smallest absolute Gasteiger partial charge is 0.416 e. The first-order chi connectivity index (χ1) is 47.3. The molecule has 34 heteroatoms. The molecule has 0 radical (unpaired) electrons. The molecule has 0 spiro atoms. The van der Waals surface area contributed by atoms with Crippen molar-refractivity contribution in [2.45, 2.75) is 101 Å². The fourth-order valence-corrected chi connectivity index (χ4v) is 7.28. The number of aliphatic hydroxyl groups excluding tert-OH is 3. The van der Waals surface area contributed by atoms with Crippen LogP contribution in [0, 0.1) is 209 Å². The molecule has 0 unspecified atom stereocenters. The Hall–Kier alpha value is -9.44. The van der Waals surface area contributed by atoms with E-state index in [1.165, 1.54) is 49.2 Å². The van der Waals surface area contributed by atoms with Crippen molar-refractivity contribution in [1.82, 2.24) is 0 Å². The minimum atomic E-state index is -4.22. The summed E-state index contributed by atoms with van der Waals surface area (Å²) < 4.78 is 373. The minimum Gasteiger partial charge on any atom is -0.503 e. The number of rotatable bonds is 3. The standard InChI is InChI=1S/3C8H6F4O.2C8H7F3.C8H10.C7H3F5.C7H4F4O.C7H5F3/c3*1-3-5(9)7(11)4(2-13)8(12)6(3)10;1-6-2-4-7(5-3-6)8(9,10)11;1-6-4-2-3-5-7(6)8(9,10)11;1-7-4-3-5-8(2)6-7;2*1-2-3(8)5(10)7(12)6(11)4(2)9;1-4-6(9)2-5(8)3-7(4)10/h3*13H,2H2,1H3;2*2-5H,1H3;3-6H,1-2H3;1H3;12H,1H3;2-3H,1H3. The zero-order valence-electron chi connectivity index (χ0n) is 54.3. The Balaban J connectivity index is 0.000000581.